The van der Waals surface area contributed by atoms with E-state index in [-0.39, 0.29) is 18.4 Å². The summed E-state index contributed by atoms with van der Waals surface area (Å²) in [6, 6.07) is 6.34. The number of amides is 3. The fourth-order valence-corrected chi connectivity index (χ4v) is 3.01. The van der Waals surface area contributed by atoms with Crippen molar-refractivity contribution in [3.05, 3.63) is 34.9 Å². The largest absolute Gasteiger partial charge is 0.387 e. The number of urea groups is 1. The molecule has 1 saturated heterocycles. The molecule has 1 aliphatic carbocycles. The minimum Gasteiger partial charge on any atom is -0.387 e. The SMILES string of the molecule is CC1(C2CC2)NC(=O)N(CC(O)c2cccc(Cl)c2)C1=O. The third kappa shape index (κ3) is 2.51. The third-order valence-electron chi connectivity index (χ3n) is 4.28. The number of nitrogens with zero attached hydrogens (tertiary/aromatic N) is 1. The molecular formula is C15H17ClN2O3. The smallest absolute Gasteiger partial charge is 0.325 e. The number of benzene rings is 1. The number of carbonyl (C=O) groups excluding carboxylic acids is 2. The van der Waals surface area contributed by atoms with Gasteiger partial charge in [0.15, 0.2) is 0 Å². The highest BCUT2D eigenvalue weighted by Crippen LogP contribution is 2.42. The van der Waals surface area contributed by atoms with Gasteiger partial charge in [0.2, 0.25) is 0 Å². The Labute approximate surface area is 127 Å². The van der Waals surface area contributed by atoms with Gasteiger partial charge in [-0.15, -0.1) is 0 Å². The standard InChI is InChI=1S/C15H17ClN2O3/c1-15(10-5-6-10)13(20)18(14(21)17-15)8-12(19)9-3-2-4-11(16)7-9/h2-4,7,10,12,19H,5-6,8H2,1H3,(H,17,21). The maximum atomic E-state index is 12.5. The maximum absolute atomic E-state index is 12.5. The van der Waals surface area contributed by atoms with Crippen molar-refractivity contribution in [1.29, 1.82) is 0 Å². The Bertz CT molecular complexity index is 602. The summed E-state index contributed by atoms with van der Waals surface area (Å²) in [5, 5.41) is 13.5. The Hall–Kier alpha value is -1.59. The van der Waals surface area contributed by atoms with Crippen LogP contribution in [0.3, 0.4) is 0 Å². The second kappa shape index (κ2) is 5.00. The van der Waals surface area contributed by atoms with E-state index in [9.17, 15) is 14.7 Å². The number of carbonyl (C=O) groups is 2. The molecule has 2 unspecified atom stereocenters. The Morgan fingerprint density at radius 2 is 2.19 bits per heavy atom. The molecule has 1 aromatic carbocycles. The second-order valence-electron chi connectivity index (χ2n) is 5.89. The van der Waals surface area contributed by atoms with Crippen LogP contribution in [0.25, 0.3) is 0 Å². The average Bonchev–Trinajstić information content (AvgIpc) is 3.25. The van der Waals surface area contributed by atoms with Gasteiger partial charge in [-0.05, 0) is 43.4 Å². The molecule has 5 nitrogen and oxygen atoms in total. The zero-order valence-corrected chi connectivity index (χ0v) is 12.4. The van der Waals surface area contributed by atoms with Crippen molar-refractivity contribution in [2.24, 2.45) is 5.92 Å². The van der Waals surface area contributed by atoms with Crippen LogP contribution in [-0.2, 0) is 4.79 Å². The molecule has 2 aliphatic rings. The molecule has 21 heavy (non-hydrogen) atoms. The van der Waals surface area contributed by atoms with E-state index >= 15 is 0 Å². The predicted octanol–water partition coefficient (Wildman–Crippen LogP) is 2.09. The lowest BCUT2D eigenvalue weighted by molar-refractivity contribution is -0.132. The van der Waals surface area contributed by atoms with Crippen LogP contribution in [0.4, 0.5) is 4.79 Å². The fraction of sp³-hybridized carbons (Fsp3) is 0.467. The maximum Gasteiger partial charge on any atom is 0.325 e. The van der Waals surface area contributed by atoms with Crippen molar-refractivity contribution in [3.8, 4) is 0 Å². The highest BCUT2D eigenvalue weighted by molar-refractivity contribution is 6.30. The molecular weight excluding hydrogens is 292 g/mol. The van der Waals surface area contributed by atoms with Crippen LogP contribution in [0.15, 0.2) is 24.3 Å². The van der Waals surface area contributed by atoms with E-state index in [1.54, 1.807) is 31.2 Å². The molecule has 2 fully saturated rings. The average molecular weight is 309 g/mol. The van der Waals surface area contributed by atoms with Crippen molar-refractivity contribution < 1.29 is 14.7 Å². The van der Waals surface area contributed by atoms with Gasteiger partial charge in [-0.25, -0.2) is 4.79 Å². The number of halogens is 1. The number of imide groups is 1. The molecule has 2 atom stereocenters. The molecule has 3 amide bonds. The summed E-state index contributed by atoms with van der Waals surface area (Å²) in [4.78, 5) is 25.6. The molecule has 1 heterocycles. The molecule has 0 aromatic heterocycles. The lowest BCUT2D eigenvalue weighted by atomic mass is 9.96. The van der Waals surface area contributed by atoms with Gasteiger partial charge in [0, 0.05) is 5.02 Å². The zero-order chi connectivity index (χ0) is 15.2. The molecule has 1 aliphatic heterocycles. The molecule has 3 rings (SSSR count). The van der Waals surface area contributed by atoms with E-state index in [0.717, 1.165) is 17.7 Å². The molecule has 1 saturated carbocycles. The minimum absolute atomic E-state index is 0.0622. The molecule has 2 N–H and O–H groups in total. The van der Waals surface area contributed by atoms with Crippen LogP contribution >= 0.6 is 11.6 Å². The molecule has 1 aromatic rings. The topological polar surface area (TPSA) is 69.6 Å². The van der Waals surface area contributed by atoms with E-state index in [1.165, 1.54) is 0 Å². The first kappa shape index (κ1) is 14.4. The van der Waals surface area contributed by atoms with Gasteiger partial charge in [0.25, 0.3) is 5.91 Å². The number of β-amino-alcohol motifs (C(OH)–C–C–N with tert-alkyl or cyclic N) is 1. The third-order valence-corrected chi connectivity index (χ3v) is 4.52. The van der Waals surface area contributed by atoms with Crippen molar-refractivity contribution >= 4 is 23.5 Å². The van der Waals surface area contributed by atoms with E-state index in [0.29, 0.717) is 10.6 Å². The number of hydrogen-bond acceptors (Lipinski definition) is 3. The van der Waals surface area contributed by atoms with Gasteiger partial charge in [-0.3, -0.25) is 9.69 Å². The van der Waals surface area contributed by atoms with Gasteiger partial charge in [-0.1, -0.05) is 23.7 Å². The monoisotopic (exact) mass is 308 g/mol. The number of hydrogen-bond donors (Lipinski definition) is 2. The van der Waals surface area contributed by atoms with Crippen molar-refractivity contribution in [3.63, 3.8) is 0 Å². The van der Waals surface area contributed by atoms with Crippen LogP contribution in [0, 0.1) is 5.92 Å². The summed E-state index contributed by atoms with van der Waals surface area (Å²) < 4.78 is 0. The fourth-order valence-electron chi connectivity index (χ4n) is 2.81. The molecule has 0 spiro atoms. The molecule has 6 heteroatoms. The Kier molecular flexibility index (Phi) is 3.42. The summed E-state index contributed by atoms with van der Waals surface area (Å²) in [7, 11) is 0. The van der Waals surface area contributed by atoms with Crippen LogP contribution < -0.4 is 5.32 Å². The molecule has 0 bridgehead atoms. The summed E-state index contributed by atoms with van der Waals surface area (Å²) in [6.45, 7) is 1.70. The van der Waals surface area contributed by atoms with E-state index in [1.807, 2.05) is 0 Å². The van der Waals surface area contributed by atoms with E-state index in [4.69, 9.17) is 11.6 Å². The van der Waals surface area contributed by atoms with Gasteiger partial charge in [-0.2, -0.15) is 0 Å². The van der Waals surface area contributed by atoms with Gasteiger partial charge >= 0.3 is 6.03 Å². The quantitative estimate of drug-likeness (QED) is 0.837. The first-order valence-corrected chi connectivity index (χ1v) is 7.37. The van der Waals surface area contributed by atoms with Crippen LogP contribution in [0.2, 0.25) is 5.02 Å². The highest BCUT2D eigenvalue weighted by Gasteiger charge is 2.56. The number of rotatable bonds is 4. The van der Waals surface area contributed by atoms with Gasteiger partial charge < -0.3 is 10.4 Å². The van der Waals surface area contributed by atoms with Crippen LogP contribution in [0.5, 0.6) is 0 Å². The lowest BCUT2D eigenvalue weighted by Crippen LogP contribution is -2.46. The van der Waals surface area contributed by atoms with Crippen molar-refractivity contribution in [2.45, 2.75) is 31.4 Å². The Balaban J connectivity index is 1.75. The van der Waals surface area contributed by atoms with E-state index in [2.05, 4.69) is 5.32 Å². The minimum atomic E-state index is -0.944. The number of aliphatic hydroxyl groups excluding tert-OH is 1. The first-order chi connectivity index (χ1) is 9.91. The molecule has 112 valence electrons. The second-order valence-corrected chi connectivity index (χ2v) is 6.33. The number of aliphatic hydroxyl groups is 1. The first-order valence-electron chi connectivity index (χ1n) is 6.99. The van der Waals surface area contributed by atoms with Crippen LogP contribution in [0.1, 0.15) is 31.4 Å². The normalized spacial score (nSPS) is 26.9. The summed E-state index contributed by atoms with van der Waals surface area (Å²) in [6.07, 6.45) is 0.959. The predicted molar refractivity (Wildman–Crippen MR) is 77.8 cm³/mol. The van der Waals surface area contributed by atoms with Gasteiger partial charge in [0.05, 0.1) is 12.6 Å². The highest BCUT2D eigenvalue weighted by atomic mass is 35.5. The molecule has 0 radical (unpaired) electrons. The van der Waals surface area contributed by atoms with Gasteiger partial charge in [0.1, 0.15) is 5.54 Å². The van der Waals surface area contributed by atoms with Crippen LogP contribution in [-0.4, -0.2) is 34.0 Å². The number of nitrogens with one attached hydrogen (secondary N) is 1. The summed E-state index contributed by atoms with van der Waals surface area (Å²) >= 11 is 5.89. The van der Waals surface area contributed by atoms with Crippen molar-refractivity contribution in [2.75, 3.05) is 6.54 Å². The summed E-state index contributed by atoms with van der Waals surface area (Å²) in [5.41, 5.74) is -0.228. The van der Waals surface area contributed by atoms with Crippen molar-refractivity contribution in [1.82, 2.24) is 10.2 Å². The lowest BCUT2D eigenvalue weighted by Gasteiger charge is -2.22. The Morgan fingerprint density at radius 1 is 1.48 bits per heavy atom. The summed E-state index contributed by atoms with van der Waals surface area (Å²) in [5.74, 6) is -0.0432. The van der Waals surface area contributed by atoms with E-state index < -0.39 is 17.7 Å². The Morgan fingerprint density at radius 3 is 2.81 bits per heavy atom. The zero-order valence-electron chi connectivity index (χ0n) is 11.7.